The normalized spacial score (nSPS) is 14.7. The number of thiocarbonyl (C=S) groups is 1. The Kier molecular flexibility index (Phi) is 9.48. The van der Waals surface area contributed by atoms with Crippen LogP contribution in [0.15, 0.2) is 52.1 Å². The highest BCUT2D eigenvalue weighted by atomic mass is 79.9. The fourth-order valence-corrected chi connectivity index (χ4v) is 4.42. The molecule has 1 atom stereocenters. The van der Waals surface area contributed by atoms with Crippen LogP contribution in [0.3, 0.4) is 0 Å². The topological polar surface area (TPSA) is 124 Å². The molecule has 1 amide bonds. The van der Waals surface area contributed by atoms with Gasteiger partial charge in [-0.25, -0.2) is 9.59 Å². The van der Waals surface area contributed by atoms with E-state index in [0.717, 1.165) is 0 Å². The van der Waals surface area contributed by atoms with Gasteiger partial charge in [0.2, 0.25) is 0 Å². The Hall–Kier alpha value is -3.64. The van der Waals surface area contributed by atoms with Crippen LogP contribution in [0.5, 0.6) is 11.5 Å². The Morgan fingerprint density at radius 3 is 2.41 bits per heavy atom. The summed E-state index contributed by atoms with van der Waals surface area (Å²) in [5.41, 5.74) is 2.46. The van der Waals surface area contributed by atoms with E-state index in [9.17, 15) is 14.4 Å². The molecule has 0 spiro atoms. The molecular formula is C25H26BrN3O7S. The molecule has 1 aliphatic rings. The molecule has 0 aromatic heterocycles. The minimum atomic E-state index is -0.612. The van der Waals surface area contributed by atoms with Gasteiger partial charge >= 0.3 is 11.9 Å². The molecule has 0 saturated carbocycles. The Labute approximate surface area is 227 Å². The second-order valence-corrected chi connectivity index (χ2v) is 8.98. The average molecular weight is 592 g/mol. The number of esters is 2. The molecule has 1 heterocycles. The lowest BCUT2D eigenvalue weighted by atomic mass is 9.95. The van der Waals surface area contributed by atoms with Gasteiger partial charge in [0.25, 0.3) is 5.91 Å². The predicted octanol–water partition coefficient (Wildman–Crippen LogP) is 3.62. The zero-order valence-corrected chi connectivity index (χ0v) is 23.0. The van der Waals surface area contributed by atoms with Crippen molar-refractivity contribution in [3.05, 3.63) is 63.3 Å². The number of ether oxygens (including phenoxy) is 4. The number of carbonyl (C=O) groups is 3. The van der Waals surface area contributed by atoms with Crippen LogP contribution in [0.25, 0.3) is 0 Å². The summed E-state index contributed by atoms with van der Waals surface area (Å²) in [6, 6.07) is 9.04. The standard InChI is InChI=1S/C25H26BrN3O7S/c1-5-35-23(31)14-6-8-15(9-7-14)28-20(30)12-36-19-11-17(26)16(10-18(19)33-3)22-21(24(32)34-4)13(2)27-25(37)29-22/h6-11,22H,5,12H2,1-4H3,(H,28,30)(H2,27,29,37)/t22-/m1/s1. The molecule has 3 N–H and O–H groups in total. The van der Waals surface area contributed by atoms with Crippen molar-refractivity contribution in [1.82, 2.24) is 10.6 Å². The highest BCUT2D eigenvalue weighted by molar-refractivity contribution is 9.10. The van der Waals surface area contributed by atoms with Gasteiger partial charge in [-0.05, 0) is 68.0 Å². The summed E-state index contributed by atoms with van der Waals surface area (Å²) in [7, 11) is 2.77. The van der Waals surface area contributed by atoms with Crippen molar-refractivity contribution in [2.24, 2.45) is 0 Å². The van der Waals surface area contributed by atoms with Crippen LogP contribution < -0.4 is 25.4 Å². The Balaban J connectivity index is 1.74. The van der Waals surface area contributed by atoms with Crippen LogP contribution in [0.2, 0.25) is 0 Å². The van der Waals surface area contributed by atoms with Gasteiger partial charge in [-0.15, -0.1) is 0 Å². The first kappa shape index (κ1) is 27.9. The zero-order chi connectivity index (χ0) is 27.1. The summed E-state index contributed by atoms with van der Waals surface area (Å²) in [6.07, 6.45) is 0. The maximum atomic E-state index is 12.5. The van der Waals surface area contributed by atoms with Crippen molar-refractivity contribution in [2.45, 2.75) is 19.9 Å². The number of anilines is 1. The first-order chi connectivity index (χ1) is 17.7. The van der Waals surface area contributed by atoms with Crippen molar-refractivity contribution in [3.8, 4) is 11.5 Å². The van der Waals surface area contributed by atoms with E-state index in [-0.39, 0.29) is 13.2 Å². The van der Waals surface area contributed by atoms with E-state index in [0.29, 0.717) is 49.2 Å². The number of hydrogen-bond acceptors (Lipinski definition) is 8. The summed E-state index contributed by atoms with van der Waals surface area (Å²) < 4.78 is 21.7. The molecule has 3 rings (SSSR count). The predicted molar refractivity (Wildman–Crippen MR) is 144 cm³/mol. The molecule has 1 aliphatic heterocycles. The van der Waals surface area contributed by atoms with Crippen LogP contribution in [0, 0.1) is 0 Å². The van der Waals surface area contributed by atoms with E-state index in [1.807, 2.05) is 0 Å². The van der Waals surface area contributed by atoms with E-state index in [2.05, 4.69) is 31.9 Å². The molecule has 2 aromatic carbocycles. The van der Waals surface area contributed by atoms with Gasteiger partial charge in [0, 0.05) is 15.9 Å². The molecule has 0 saturated heterocycles. The molecule has 0 fully saturated rings. The van der Waals surface area contributed by atoms with Crippen molar-refractivity contribution < 1.29 is 33.3 Å². The molecule has 37 heavy (non-hydrogen) atoms. The number of allylic oxidation sites excluding steroid dienone is 1. The maximum absolute atomic E-state index is 12.5. The van der Waals surface area contributed by atoms with E-state index in [1.165, 1.54) is 14.2 Å². The zero-order valence-electron chi connectivity index (χ0n) is 20.6. The maximum Gasteiger partial charge on any atom is 0.338 e. The summed E-state index contributed by atoms with van der Waals surface area (Å²) in [5, 5.41) is 9.07. The van der Waals surface area contributed by atoms with Gasteiger partial charge in [-0.3, -0.25) is 4.79 Å². The van der Waals surface area contributed by atoms with Gasteiger partial charge in [0.15, 0.2) is 23.2 Å². The summed E-state index contributed by atoms with van der Waals surface area (Å²) in [4.78, 5) is 36.7. The van der Waals surface area contributed by atoms with E-state index < -0.39 is 23.9 Å². The van der Waals surface area contributed by atoms with Crippen LogP contribution in [0.1, 0.15) is 35.8 Å². The third kappa shape index (κ3) is 6.77. The van der Waals surface area contributed by atoms with Gasteiger partial charge < -0.3 is 34.9 Å². The molecule has 0 radical (unpaired) electrons. The van der Waals surface area contributed by atoms with Crippen LogP contribution >= 0.6 is 28.1 Å². The summed E-state index contributed by atoms with van der Waals surface area (Å²) >= 11 is 8.80. The number of halogens is 1. The van der Waals surface area contributed by atoms with Gasteiger partial charge in [-0.2, -0.15) is 0 Å². The monoisotopic (exact) mass is 591 g/mol. The minimum Gasteiger partial charge on any atom is -0.493 e. The number of methoxy groups -OCH3 is 2. The molecule has 0 unspecified atom stereocenters. The summed E-state index contributed by atoms with van der Waals surface area (Å²) in [6.45, 7) is 3.44. The van der Waals surface area contributed by atoms with Gasteiger partial charge in [0.1, 0.15) is 0 Å². The molecular weight excluding hydrogens is 566 g/mol. The molecule has 0 bridgehead atoms. The molecule has 12 heteroatoms. The van der Waals surface area contributed by atoms with E-state index in [1.54, 1.807) is 50.2 Å². The number of hydrogen-bond donors (Lipinski definition) is 3. The number of nitrogens with one attached hydrogen (secondary N) is 3. The largest absolute Gasteiger partial charge is 0.493 e. The third-order valence-corrected chi connectivity index (χ3v) is 6.21. The first-order valence-electron chi connectivity index (χ1n) is 11.1. The van der Waals surface area contributed by atoms with Crippen molar-refractivity contribution in [2.75, 3.05) is 32.8 Å². The number of carbonyl (C=O) groups excluding carboxylic acids is 3. The number of amides is 1. The lowest BCUT2D eigenvalue weighted by Crippen LogP contribution is -2.45. The highest BCUT2D eigenvalue weighted by Crippen LogP contribution is 2.39. The van der Waals surface area contributed by atoms with Crippen molar-refractivity contribution >= 4 is 56.8 Å². The van der Waals surface area contributed by atoms with E-state index >= 15 is 0 Å². The smallest absolute Gasteiger partial charge is 0.338 e. The first-order valence-corrected chi connectivity index (χ1v) is 12.3. The van der Waals surface area contributed by atoms with Crippen LogP contribution in [-0.4, -0.2) is 50.4 Å². The molecule has 10 nitrogen and oxygen atoms in total. The van der Waals surface area contributed by atoms with Gasteiger partial charge in [-0.1, -0.05) is 15.9 Å². The SMILES string of the molecule is CCOC(=O)c1ccc(NC(=O)COc2cc(Br)c([C@H]3NC(=S)NC(C)=C3C(=O)OC)cc2OC)cc1. The van der Waals surface area contributed by atoms with Crippen molar-refractivity contribution in [3.63, 3.8) is 0 Å². The molecule has 2 aromatic rings. The Morgan fingerprint density at radius 2 is 1.78 bits per heavy atom. The van der Waals surface area contributed by atoms with Crippen LogP contribution in [0.4, 0.5) is 5.69 Å². The summed E-state index contributed by atoms with van der Waals surface area (Å²) in [5.74, 6) is -0.706. The quantitative estimate of drug-likeness (QED) is 0.294. The van der Waals surface area contributed by atoms with E-state index in [4.69, 9.17) is 31.2 Å². The lowest BCUT2D eigenvalue weighted by Gasteiger charge is -2.30. The van der Waals surface area contributed by atoms with Crippen molar-refractivity contribution in [1.29, 1.82) is 0 Å². The average Bonchev–Trinajstić information content (AvgIpc) is 2.87. The second-order valence-electron chi connectivity index (χ2n) is 7.72. The fourth-order valence-electron chi connectivity index (χ4n) is 3.60. The van der Waals surface area contributed by atoms with Gasteiger partial charge in [0.05, 0.1) is 38.0 Å². The molecule has 196 valence electrons. The second kappa shape index (κ2) is 12.5. The lowest BCUT2D eigenvalue weighted by molar-refractivity contribution is -0.136. The Bertz CT molecular complexity index is 1250. The molecule has 0 aliphatic carbocycles. The third-order valence-electron chi connectivity index (χ3n) is 5.31. The van der Waals surface area contributed by atoms with Crippen LogP contribution in [-0.2, 0) is 19.1 Å². The number of benzene rings is 2. The minimum absolute atomic E-state index is 0.278. The number of rotatable bonds is 9. The highest BCUT2D eigenvalue weighted by Gasteiger charge is 2.32. The fraction of sp³-hybridized carbons (Fsp3) is 0.280. The Morgan fingerprint density at radius 1 is 1.08 bits per heavy atom.